The fourth-order valence-corrected chi connectivity index (χ4v) is 1.88. The highest BCUT2D eigenvalue weighted by atomic mass is 16.6. The van der Waals surface area contributed by atoms with Gasteiger partial charge in [-0.3, -0.25) is 10.1 Å². The van der Waals surface area contributed by atoms with Crippen molar-refractivity contribution in [3.05, 3.63) is 58.1 Å². The van der Waals surface area contributed by atoms with Crippen LogP contribution in [0.15, 0.2) is 42.5 Å². The van der Waals surface area contributed by atoms with Crippen molar-refractivity contribution in [3.8, 4) is 5.75 Å². The van der Waals surface area contributed by atoms with Gasteiger partial charge in [0.2, 0.25) is 0 Å². The molecule has 110 valence electrons. The molecule has 2 aromatic carbocycles. The lowest BCUT2D eigenvalue weighted by atomic mass is 10.2. The number of nitro benzene ring substituents is 1. The second-order valence-corrected chi connectivity index (χ2v) is 4.83. The monoisotopic (exact) mass is 287 g/mol. The molecule has 0 aliphatic carbocycles. The molecule has 2 aromatic rings. The third-order valence-electron chi connectivity index (χ3n) is 3.03. The van der Waals surface area contributed by atoms with Crippen molar-refractivity contribution in [2.45, 2.75) is 6.61 Å². The maximum absolute atomic E-state index is 10.7. The molecule has 0 bridgehead atoms. The van der Waals surface area contributed by atoms with Crippen molar-refractivity contribution in [3.63, 3.8) is 0 Å². The zero-order valence-electron chi connectivity index (χ0n) is 11.9. The Morgan fingerprint density at radius 2 is 2.00 bits per heavy atom. The van der Waals surface area contributed by atoms with E-state index in [9.17, 15) is 10.1 Å². The maximum atomic E-state index is 10.7. The van der Waals surface area contributed by atoms with Gasteiger partial charge in [-0.25, -0.2) is 0 Å². The molecule has 0 aromatic heterocycles. The van der Waals surface area contributed by atoms with E-state index in [0.29, 0.717) is 6.61 Å². The SMILES string of the molecule is CN(C)c1cccc(OCc2ccc([N+](=O)[O-])c(N)c2)c1. The van der Waals surface area contributed by atoms with Gasteiger partial charge in [-0.1, -0.05) is 6.07 Å². The first kappa shape index (κ1) is 14.6. The minimum atomic E-state index is -0.499. The molecule has 0 fully saturated rings. The first-order valence-electron chi connectivity index (χ1n) is 6.40. The van der Waals surface area contributed by atoms with Crippen molar-refractivity contribution in [1.82, 2.24) is 0 Å². The summed E-state index contributed by atoms with van der Waals surface area (Å²) in [5.74, 6) is 0.734. The van der Waals surface area contributed by atoms with Crippen molar-refractivity contribution < 1.29 is 9.66 Å². The van der Waals surface area contributed by atoms with Gasteiger partial charge in [-0.15, -0.1) is 0 Å². The predicted molar refractivity (Wildman–Crippen MR) is 82.6 cm³/mol. The number of benzene rings is 2. The lowest BCUT2D eigenvalue weighted by Crippen LogP contribution is -2.08. The molecule has 0 aliphatic rings. The van der Waals surface area contributed by atoms with Crippen LogP contribution >= 0.6 is 0 Å². The van der Waals surface area contributed by atoms with Crippen LogP contribution in [0.5, 0.6) is 5.75 Å². The van der Waals surface area contributed by atoms with Gasteiger partial charge in [0.05, 0.1) is 4.92 Å². The van der Waals surface area contributed by atoms with Gasteiger partial charge >= 0.3 is 0 Å². The van der Waals surface area contributed by atoms with E-state index in [1.165, 1.54) is 6.07 Å². The molecule has 6 nitrogen and oxygen atoms in total. The van der Waals surface area contributed by atoms with Crippen LogP contribution in [0.4, 0.5) is 17.1 Å². The van der Waals surface area contributed by atoms with Crippen molar-refractivity contribution >= 4 is 17.1 Å². The lowest BCUT2D eigenvalue weighted by Gasteiger charge is -2.14. The Morgan fingerprint density at radius 3 is 2.62 bits per heavy atom. The highest BCUT2D eigenvalue weighted by molar-refractivity contribution is 5.59. The summed E-state index contributed by atoms with van der Waals surface area (Å²) in [5.41, 5.74) is 7.53. The highest BCUT2D eigenvalue weighted by Gasteiger charge is 2.11. The Kier molecular flexibility index (Phi) is 4.27. The largest absolute Gasteiger partial charge is 0.489 e. The average Bonchev–Trinajstić information content (AvgIpc) is 2.45. The van der Waals surface area contributed by atoms with Crippen LogP contribution in [-0.4, -0.2) is 19.0 Å². The van der Waals surface area contributed by atoms with Gasteiger partial charge < -0.3 is 15.4 Å². The van der Waals surface area contributed by atoms with Gasteiger partial charge in [0.15, 0.2) is 0 Å². The number of ether oxygens (including phenoxy) is 1. The van der Waals surface area contributed by atoms with Crippen molar-refractivity contribution in [1.29, 1.82) is 0 Å². The maximum Gasteiger partial charge on any atom is 0.292 e. The summed E-state index contributed by atoms with van der Waals surface area (Å²) in [5, 5.41) is 10.7. The molecular formula is C15H17N3O3. The van der Waals surface area contributed by atoms with Crippen LogP contribution in [0.1, 0.15) is 5.56 Å². The molecule has 2 N–H and O–H groups in total. The van der Waals surface area contributed by atoms with Gasteiger partial charge in [0.25, 0.3) is 5.69 Å². The number of rotatable bonds is 5. The summed E-state index contributed by atoms with van der Waals surface area (Å²) in [4.78, 5) is 12.2. The minimum absolute atomic E-state index is 0.0895. The molecule has 21 heavy (non-hydrogen) atoms. The van der Waals surface area contributed by atoms with E-state index in [2.05, 4.69) is 0 Å². The summed E-state index contributed by atoms with van der Waals surface area (Å²) in [6.07, 6.45) is 0. The van der Waals surface area contributed by atoms with Crippen LogP contribution in [0.3, 0.4) is 0 Å². The van der Waals surface area contributed by atoms with Crippen LogP contribution in [0, 0.1) is 10.1 Å². The molecule has 0 amide bonds. The van der Waals surface area contributed by atoms with E-state index in [1.54, 1.807) is 12.1 Å². The fraction of sp³-hybridized carbons (Fsp3) is 0.200. The van der Waals surface area contributed by atoms with Gasteiger partial charge in [-0.05, 0) is 29.8 Å². The number of nitrogen functional groups attached to an aromatic ring is 1. The number of anilines is 2. The zero-order valence-corrected chi connectivity index (χ0v) is 11.9. The summed E-state index contributed by atoms with van der Waals surface area (Å²) >= 11 is 0. The Bertz CT molecular complexity index is 656. The van der Waals surface area contributed by atoms with E-state index in [-0.39, 0.29) is 11.4 Å². The van der Waals surface area contributed by atoms with Crippen LogP contribution in [0.25, 0.3) is 0 Å². The van der Waals surface area contributed by atoms with Crippen LogP contribution in [-0.2, 0) is 6.61 Å². The van der Waals surface area contributed by atoms with E-state index in [1.807, 2.05) is 43.3 Å². The Labute approximate surface area is 122 Å². The summed E-state index contributed by atoms with van der Waals surface area (Å²) in [7, 11) is 3.91. The molecule has 0 saturated carbocycles. The van der Waals surface area contributed by atoms with Crippen LogP contribution in [0.2, 0.25) is 0 Å². The zero-order chi connectivity index (χ0) is 15.4. The smallest absolute Gasteiger partial charge is 0.292 e. The molecule has 0 spiro atoms. The van der Waals surface area contributed by atoms with Gasteiger partial charge in [0, 0.05) is 31.9 Å². The molecule has 0 saturated heterocycles. The molecule has 2 rings (SSSR count). The summed E-state index contributed by atoms with van der Waals surface area (Å²) in [6.45, 7) is 0.305. The van der Waals surface area contributed by atoms with E-state index < -0.39 is 4.92 Å². The molecule has 0 atom stereocenters. The van der Waals surface area contributed by atoms with E-state index >= 15 is 0 Å². The third-order valence-corrected chi connectivity index (χ3v) is 3.03. The average molecular weight is 287 g/mol. The Morgan fingerprint density at radius 1 is 1.24 bits per heavy atom. The first-order valence-corrected chi connectivity index (χ1v) is 6.40. The van der Waals surface area contributed by atoms with Crippen molar-refractivity contribution in [2.24, 2.45) is 0 Å². The number of nitrogens with zero attached hydrogens (tertiary/aromatic N) is 2. The normalized spacial score (nSPS) is 10.2. The number of nitrogens with two attached hydrogens (primary N) is 1. The summed E-state index contributed by atoms with van der Waals surface area (Å²) in [6, 6.07) is 12.3. The number of nitro groups is 1. The second-order valence-electron chi connectivity index (χ2n) is 4.83. The fourth-order valence-electron chi connectivity index (χ4n) is 1.88. The highest BCUT2D eigenvalue weighted by Crippen LogP contribution is 2.24. The minimum Gasteiger partial charge on any atom is -0.489 e. The summed E-state index contributed by atoms with van der Waals surface area (Å²) < 4.78 is 5.69. The molecular weight excluding hydrogens is 270 g/mol. The molecule has 0 aliphatic heterocycles. The quantitative estimate of drug-likeness (QED) is 0.519. The Balaban J connectivity index is 2.08. The lowest BCUT2D eigenvalue weighted by molar-refractivity contribution is -0.383. The van der Waals surface area contributed by atoms with Gasteiger partial charge in [0.1, 0.15) is 18.0 Å². The molecule has 6 heteroatoms. The second kappa shape index (κ2) is 6.13. The Hall–Kier alpha value is -2.76. The van der Waals surface area contributed by atoms with E-state index in [0.717, 1.165) is 17.0 Å². The van der Waals surface area contributed by atoms with E-state index in [4.69, 9.17) is 10.5 Å². The predicted octanol–water partition coefficient (Wildman–Crippen LogP) is 2.82. The molecule has 0 radical (unpaired) electrons. The van der Waals surface area contributed by atoms with Crippen LogP contribution < -0.4 is 15.4 Å². The first-order chi connectivity index (χ1) is 9.97. The van der Waals surface area contributed by atoms with Gasteiger partial charge in [-0.2, -0.15) is 0 Å². The van der Waals surface area contributed by atoms with Crippen molar-refractivity contribution in [2.75, 3.05) is 24.7 Å². The number of hydrogen-bond donors (Lipinski definition) is 1. The molecule has 0 unspecified atom stereocenters. The topological polar surface area (TPSA) is 81.6 Å². The standard InChI is InChI=1S/C15H17N3O3/c1-17(2)12-4-3-5-13(9-12)21-10-11-6-7-15(18(19)20)14(16)8-11/h3-9H,10,16H2,1-2H3. The molecule has 0 heterocycles. The third kappa shape index (κ3) is 3.62. The number of hydrogen-bond acceptors (Lipinski definition) is 5.